The van der Waals surface area contributed by atoms with Crippen LogP contribution >= 0.6 is 0 Å². The topological polar surface area (TPSA) is 97.9 Å². The number of primary amides is 1. The van der Waals surface area contributed by atoms with Gasteiger partial charge in [-0.15, -0.1) is 0 Å². The molecule has 4 rings (SSSR count). The Morgan fingerprint density at radius 3 is 2.33 bits per heavy atom. The van der Waals surface area contributed by atoms with Crippen LogP contribution in [-0.2, 0) is 11.2 Å². The number of hydrogen-bond acceptors (Lipinski definition) is 4. The van der Waals surface area contributed by atoms with E-state index in [0.717, 1.165) is 22.6 Å². The van der Waals surface area contributed by atoms with Crippen molar-refractivity contribution in [2.24, 2.45) is 5.73 Å². The summed E-state index contributed by atoms with van der Waals surface area (Å²) >= 11 is 0. The summed E-state index contributed by atoms with van der Waals surface area (Å²) in [6, 6.07) is 12.8. The number of amides is 3. The Kier molecular flexibility index (Phi) is 5.68. The summed E-state index contributed by atoms with van der Waals surface area (Å²) in [5.74, 6) is -0.159. The average Bonchev–Trinajstić information content (AvgIpc) is 3.20. The zero-order valence-electron chi connectivity index (χ0n) is 19.1. The zero-order valence-corrected chi connectivity index (χ0v) is 19.1. The molecule has 0 saturated carbocycles. The molecule has 0 saturated heterocycles. The fourth-order valence-corrected chi connectivity index (χ4v) is 4.24. The van der Waals surface area contributed by atoms with Crippen LogP contribution in [0, 0.1) is 6.92 Å². The highest BCUT2D eigenvalue weighted by Gasteiger charge is 2.33. The van der Waals surface area contributed by atoms with Crippen molar-refractivity contribution in [2.45, 2.75) is 20.3 Å². The Balaban J connectivity index is 1.77. The van der Waals surface area contributed by atoms with E-state index in [4.69, 9.17) is 10.5 Å². The Hall–Kier alpha value is -4.07. The summed E-state index contributed by atoms with van der Waals surface area (Å²) in [7, 11) is 3.30. The molecule has 33 heavy (non-hydrogen) atoms. The molecule has 8 heteroatoms. The monoisotopic (exact) mass is 446 g/mol. The van der Waals surface area contributed by atoms with Gasteiger partial charge in [-0.05, 0) is 66.9 Å². The number of methoxy groups -OCH3 is 1. The van der Waals surface area contributed by atoms with Gasteiger partial charge in [0.1, 0.15) is 11.4 Å². The van der Waals surface area contributed by atoms with E-state index in [1.54, 1.807) is 46.9 Å². The lowest BCUT2D eigenvalue weighted by Gasteiger charge is -2.29. The molecule has 1 aromatic heterocycles. The van der Waals surface area contributed by atoms with Gasteiger partial charge in [0, 0.05) is 43.8 Å². The van der Waals surface area contributed by atoms with E-state index < -0.39 is 5.91 Å². The number of hydrogen-bond donors (Lipinski definition) is 1. The van der Waals surface area contributed by atoms with Crippen LogP contribution in [0.1, 0.15) is 38.9 Å². The maximum atomic E-state index is 13.7. The largest absolute Gasteiger partial charge is 0.497 e. The van der Waals surface area contributed by atoms with E-state index in [-0.39, 0.29) is 11.8 Å². The lowest BCUT2D eigenvalue weighted by molar-refractivity contribution is -0.116. The highest BCUT2D eigenvalue weighted by Crippen LogP contribution is 2.32. The molecule has 3 aromatic rings. The number of nitrogens with two attached hydrogens (primary N) is 1. The molecule has 0 spiro atoms. The molecular weight excluding hydrogens is 420 g/mol. The van der Waals surface area contributed by atoms with E-state index in [1.165, 1.54) is 6.92 Å². The number of carbonyl (C=O) groups is 3. The number of carbonyl (C=O) groups excluding carboxylic acids is 3. The van der Waals surface area contributed by atoms with Gasteiger partial charge in [0.15, 0.2) is 0 Å². The molecule has 1 aliphatic heterocycles. The second-order valence-electron chi connectivity index (χ2n) is 8.06. The van der Waals surface area contributed by atoms with Crippen molar-refractivity contribution >= 4 is 29.1 Å². The number of ether oxygens (including phenoxy) is 1. The summed E-state index contributed by atoms with van der Waals surface area (Å²) in [6.45, 7) is 3.83. The zero-order chi connectivity index (χ0) is 23.9. The third kappa shape index (κ3) is 3.84. The van der Waals surface area contributed by atoms with E-state index >= 15 is 0 Å². The van der Waals surface area contributed by atoms with E-state index in [2.05, 4.69) is 0 Å². The Morgan fingerprint density at radius 1 is 1.09 bits per heavy atom. The second-order valence-corrected chi connectivity index (χ2v) is 8.06. The van der Waals surface area contributed by atoms with Gasteiger partial charge in [-0.3, -0.25) is 14.4 Å². The summed E-state index contributed by atoms with van der Waals surface area (Å²) in [5.41, 5.74) is 10.2. The SMILES string of the molecule is COc1ccc(-n2cc(C(N)=O)c3c2C(=O)N(c2ccc(N(C)C(C)=O)c(C)c2)CC3)cc1. The van der Waals surface area contributed by atoms with Crippen LogP contribution in [0.4, 0.5) is 11.4 Å². The first kappa shape index (κ1) is 22.1. The fraction of sp³-hybridized carbons (Fsp3) is 0.240. The minimum atomic E-state index is -0.563. The highest BCUT2D eigenvalue weighted by molar-refractivity contribution is 6.10. The molecule has 8 nitrogen and oxygen atoms in total. The third-order valence-electron chi connectivity index (χ3n) is 6.09. The van der Waals surface area contributed by atoms with Crippen LogP contribution in [-0.4, -0.2) is 43.0 Å². The lowest BCUT2D eigenvalue weighted by Crippen LogP contribution is -2.39. The molecule has 2 heterocycles. The van der Waals surface area contributed by atoms with Crippen molar-refractivity contribution in [1.29, 1.82) is 0 Å². The normalized spacial score (nSPS) is 13.0. The smallest absolute Gasteiger partial charge is 0.275 e. The van der Waals surface area contributed by atoms with E-state index in [0.29, 0.717) is 35.5 Å². The quantitative estimate of drug-likeness (QED) is 0.651. The molecule has 170 valence electrons. The highest BCUT2D eigenvalue weighted by atomic mass is 16.5. The molecule has 0 bridgehead atoms. The van der Waals surface area contributed by atoms with Gasteiger partial charge >= 0.3 is 0 Å². The number of aromatic nitrogens is 1. The molecule has 0 fully saturated rings. The van der Waals surface area contributed by atoms with Gasteiger partial charge in [-0.2, -0.15) is 0 Å². The van der Waals surface area contributed by atoms with Crippen LogP contribution in [0.5, 0.6) is 5.75 Å². The molecule has 0 aliphatic carbocycles. The van der Waals surface area contributed by atoms with Crippen LogP contribution in [0.15, 0.2) is 48.7 Å². The summed E-state index contributed by atoms with van der Waals surface area (Å²) in [5, 5.41) is 0. The summed E-state index contributed by atoms with van der Waals surface area (Å²) in [4.78, 5) is 40.8. The van der Waals surface area contributed by atoms with Crippen molar-refractivity contribution in [2.75, 3.05) is 30.5 Å². The molecule has 3 amide bonds. The number of nitrogens with zero attached hydrogens (tertiary/aromatic N) is 3. The van der Waals surface area contributed by atoms with Crippen molar-refractivity contribution < 1.29 is 19.1 Å². The van der Waals surface area contributed by atoms with Gasteiger partial charge in [-0.25, -0.2) is 0 Å². The van der Waals surface area contributed by atoms with Gasteiger partial charge in [-0.1, -0.05) is 0 Å². The molecule has 0 radical (unpaired) electrons. The van der Waals surface area contributed by atoms with Crippen LogP contribution in [0.2, 0.25) is 0 Å². The Labute approximate surface area is 192 Å². The number of anilines is 2. The van der Waals surface area contributed by atoms with Gasteiger partial charge < -0.3 is 24.8 Å². The second kappa shape index (κ2) is 8.46. The van der Waals surface area contributed by atoms with Crippen molar-refractivity contribution in [3.63, 3.8) is 0 Å². The number of fused-ring (bicyclic) bond motifs is 1. The van der Waals surface area contributed by atoms with Gasteiger partial charge in [0.25, 0.3) is 11.8 Å². The fourth-order valence-electron chi connectivity index (χ4n) is 4.24. The minimum Gasteiger partial charge on any atom is -0.497 e. The Bertz CT molecular complexity index is 1260. The maximum Gasteiger partial charge on any atom is 0.275 e. The van der Waals surface area contributed by atoms with E-state index in [1.807, 2.05) is 37.3 Å². The number of rotatable bonds is 5. The number of aryl methyl sites for hydroxylation is 1. The van der Waals surface area contributed by atoms with Crippen LogP contribution in [0.25, 0.3) is 5.69 Å². The Morgan fingerprint density at radius 2 is 1.76 bits per heavy atom. The van der Waals surface area contributed by atoms with Crippen molar-refractivity contribution in [1.82, 2.24) is 4.57 Å². The third-order valence-corrected chi connectivity index (χ3v) is 6.09. The predicted octanol–water partition coefficient (Wildman–Crippen LogP) is 3.08. The predicted molar refractivity (Wildman–Crippen MR) is 126 cm³/mol. The first-order valence-corrected chi connectivity index (χ1v) is 10.6. The maximum absolute atomic E-state index is 13.7. The van der Waals surface area contributed by atoms with Gasteiger partial charge in [0.05, 0.1) is 12.7 Å². The molecule has 1 aliphatic rings. The first-order chi connectivity index (χ1) is 15.7. The standard InChI is InChI=1S/C25H26N4O4/c1-15-13-18(7-10-22(15)27(3)16(2)30)28-12-11-20-21(24(26)31)14-29(23(20)25(28)32)17-5-8-19(33-4)9-6-17/h5-10,13-14H,11-12H2,1-4H3,(H2,26,31). The molecule has 2 N–H and O–H groups in total. The van der Waals surface area contributed by atoms with Crippen molar-refractivity contribution in [3.05, 3.63) is 71.0 Å². The van der Waals surface area contributed by atoms with Gasteiger partial charge in [0.2, 0.25) is 5.91 Å². The summed E-state index contributed by atoms with van der Waals surface area (Å²) in [6.07, 6.45) is 2.13. The summed E-state index contributed by atoms with van der Waals surface area (Å²) < 4.78 is 6.94. The molecule has 2 aromatic carbocycles. The van der Waals surface area contributed by atoms with Crippen LogP contribution in [0.3, 0.4) is 0 Å². The first-order valence-electron chi connectivity index (χ1n) is 10.6. The number of benzene rings is 2. The molecule has 0 unspecified atom stereocenters. The van der Waals surface area contributed by atoms with Crippen LogP contribution < -0.4 is 20.3 Å². The minimum absolute atomic E-state index is 0.0687. The average molecular weight is 447 g/mol. The molecule has 0 atom stereocenters. The molecular formula is C25H26N4O4. The lowest BCUT2D eigenvalue weighted by atomic mass is 10.0. The van der Waals surface area contributed by atoms with Crippen molar-refractivity contribution in [3.8, 4) is 11.4 Å². The van der Waals surface area contributed by atoms with E-state index in [9.17, 15) is 14.4 Å².